The highest BCUT2D eigenvalue weighted by molar-refractivity contribution is 9.10. The Labute approximate surface area is 113 Å². The summed E-state index contributed by atoms with van der Waals surface area (Å²) in [6, 6.07) is 8.00. The molecule has 1 aromatic heterocycles. The first-order valence-electron chi connectivity index (χ1n) is 5.31. The molecule has 1 aromatic carbocycles. The van der Waals surface area contributed by atoms with Crippen molar-refractivity contribution in [3.63, 3.8) is 0 Å². The van der Waals surface area contributed by atoms with E-state index in [0.29, 0.717) is 0 Å². The summed E-state index contributed by atoms with van der Waals surface area (Å²) in [5.74, 6) is 0. The molecule has 0 aliphatic carbocycles. The fourth-order valence-electron chi connectivity index (χ4n) is 1.66. The summed E-state index contributed by atoms with van der Waals surface area (Å²) in [6.07, 6.45) is 3.51. The van der Waals surface area contributed by atoms with Crippen molar-refractivity contribution < 1.29 is 4.55 Å². The molecule has 2 nitrogen and oxygen atoms in total. The summed E-state index contributed by atoms with van der Waals surface area (Å²) in [7, 11) is 0. The van der Waals surface area contributed by atoms with Gasteiger partial charge in [0.25, 0.3) is 0 Å². The minimum atomic E-state index is -0.919. The van der Waals surface area contributed by atoms with Gasteiger partial charge < -0.3 is 4.55 Å². The van der Waals surface area contributed by atoms with E-state index in [1.165, 1.54) is 0 Å². The zero-order valence-electron chi connectivity index (χ0n) is 10.0. The van der Waals surface area contributed by atoms with Gasteiger partial charge in [-0.3, -0.25) is 4.98 Å². The van der Waals surface area contributed by atoms with Gasteiger partial charge in [0, 0.05) is 21.6 Å². The van der Waals surface area contributed by atoms with Crippen molar-refractivity contribution in [2.45, 2.75) is 18.6 Å². The Balaban J connectivity index is 2.65. The molecule has 0 bridgehead atoms. The average molecular weight is 312 g/mol. The van der Waals surface area contributed by atoms with Crippen molar-refractivity contribution in [2.75, 3.05) is 6.26 Å². The Hall–Kier alpha value is -0.580. The van der Waals surface area contributed by atoms with Crippen LogP contribution in [0.25, 0.3) is 10.9 Å². The zero-order chi connectivity index (χ0) is 12.6. The Bertz CT molecular complexity index is 554. The second-order valence-electron chi connectivity index (χ2n) is 4.50. The van der Waals surface area contributed by atoms with Gasteiger partial charge in [-0.2, -0.15) is 0 Å². The largest absolute Gasteiger partial charge is 0.616 e. The molecular formula is C13H14BrNOS. The molecule has 0 amide bonds. The number of halogens is 1. The van der Waals surface area contributed by atoms with Gasteiger partial charge in [-0.1, -0.05) is 6.07 Å². The van der Waals surface area contributed by atoms with Gasteiger partial charge in [0.15, 0.2) is 0 Å². The SMILES string of the molecule is C[S@+]([O-])C(C)(C)c1cc(Br)c2ncccc2c1. The van der Waals surface area contributed by atoms with Crippen LogP contribution in [-0.4, -0.2) is 15.8 Å². The molecule has 90 valence electrons. The minimum Gasteiger partial charge on any atom is -0.616 e. The Morgan fingerprint density at radius 3 is 2.71 bits per heavy atom. The van der Waals surface area contributed by atoms with Crippen LogP contribution in [0.15, 0.2) is 34.9 Å². The van der Waals surface area contributed by atoms with Crippen molar-refractivity contribution in [3.8, 4) is 0 Å². The van der Waals surface area contributed by atoms with Gasteiger partial charge in [0.2, 0.25) is 0 Å². The van der Waals surface area contributed by atoms with E-state index in [1.807, 2.05) is 32.0 Å². The van der Waals surface area contributed by atoms with Crippen LogP contribution in [0.3, 0.4) is 0 Å². The fourth-order valence-corrected chi connectivity index (χ4v) is 2.69. The van der Waals surface area contributed by atoms with Crippen LogP contribution in [0.5, 0.6) is 0 Å². The fraction of sp³-hybridized carbons (Fsp3) is 0.308. The monoisotopic (exact) mass is 311 g/mol. The van der Waals surface area contributed by atoms with Gasteiger partial charge in [-0.25, -0.2) is 0 Å². The summed E-state index contributed by atoms with van der Waals surface area (Å²) in [5.41, 5.74) is 2.00. The molecule has 0 unspecified atom stereocenters. The number of benzene rings is 1. The predicted octanol–water partition coefficient (Wildman–Crippen LogP) is 3.61. The maximum atomic E-state index is 11.8. The zero-order valence-corrected chi connectivity index (χ0v) is 12.4. The van der Waals surface area contributed by atoms with E-state index >= 15 is 0 Å². The second-order valence-corrected chi connectivity index (χ2v) is 7.28. The first-order valence-corrected chi connectivity index (χ1v) is 7.66. The highest BCUT2D eigenvalue weighted by Crippen LogP contribution is 2.34. The quantitative estimate of drug-likeness (QED) is 0.794. The highest BCUT2D eigenvalue weighted by Gasteiger charge is 2.31. The third kappa shape index (κ3) is 2.34. The van der Waals surface area contributed by atoms with Crippen LogP contribution in [0.2, 0.25) is 0 Å². The molecule has 1 heterocycles. The molecule has 1 atom stereocenters. The molecule has 0 N–H and O–H groups in total. The van der Waals surface area contributed by atoms with Crippen molar-refractivity contribution in [2.24, 2.45) is 0 Å². The smallest absolute Gasteiger partial charge is 0.144 e. The molecule has 4 heteroatoms. The molecule has 0 fully saturated rings. The van der Waals surface area contributed by atoms with Crippen molar-refractivity contribution in [3.05, 3.63) is 40.5 Å². The summed E-state index contributed by atoms with van der Waals surface area (Å²) < 4.78 is 12.4. The topological polar surface area (TPSA) is 36.0 Å². The van der Waals surface area contributed by atoms with E-state index in [-0.39, 0.29) is 4.75 Å². The normalized spacial score (nSPS) is 13.9. The minimum absolute atomic E-state index is 0.355. The second kappa shape index (κ2) is 4.59. The maximum absolute atomic E-state index is 11.8. The summed E-state index contributed by atoms with van der Waals surface area (Å²) in [5, 5.41) is 1.07. The number of hydrogen-bond donors (Lipinski definition) is 0. The average Bonchev–Trinajstić information content (AvgIpc) is 2.28. The third-order valence-electron chi connectivity index (χ3n) is 3.07. The summed E-state index contributed by atoms with van der Waals surface area (Å²) >= 11 is 2.61. The van der Waals surface area contributed by atoms with Crippen molar-refractivity contribution in [1.82, 2.24) is 4.98 Å². The Kier molecular flexibility index (Phi) is 3.48. The van der Waals surface area contributed by atoms with E-state index in [2.05, 4.69) is 27.0 Å². The molecule has 0 aliphatic rings. The van der Waals surface area contributed by atoms with Crippen molar-refractivity contribution >= 4 is 38.0 Å². The number of pyridine rings is 1. The maximum Gasteiger partial charge on any atom is 0.144 e. The lowest BCUT2D eigenvalue weighted by Gasteiger charge is -2.26. The number of aromatic nitrogens is 1. The molecular weight excluding hydrogens is 298 g/mol. The first kappa shape index (κ1) is 12.9. The van der Waals surface area contributed by atoms with Crippen LogP contribution >= 0.6 is 15.9 Å². The standard InChI is InChI=1S/C13H14BrNOS/c1-13(2,17(3)16)10-7-9-5-4-6-15-12(9)11(14)8-10/h4-8H,1-3H3/t17-/m0/s1. The lowest BCUT2D eigenvalue weighted by molar-refractivity contribution is 0.561. The van der Waals surface area contributed by atoms with Gasteiger partial charge >= 0.3 is 0 Å². The lowest BCUT2D eigenvalue weighted by atomic mass is 10.0. The van der Waals surface area contributed by atoms with E-state index in [1.54, 1.807) is 12.5 Å². The number of rotatable bonds is 2. The van der Waals surface area contributed by atoms with E-state index in [4.69, 9.17) is 0 Å². The molecule has 2 aromatic rings. The highest BCUT2D eigenvalue weighted by atomic mass is 79.9. The van der Waals surface area contributed by atoms with Gasteiger partial charge in [-0.05, 0) is 59.2 Å². The number of nitrogens with zero attached hydrogens (tertiary/aromatic N) is 1. The number of hydrogen-bond acceptors (Lipinski definition) is 2. The number of fused-ring (bicyclic) bond motifs is 1. The molecule has 0 saturated heterocycles. The van der Waals surface area contributed by atoms with Crippen LogP contribution in [-0.2, 0) is 15.9 Å². The molecule has 0 aliphatic heterocycles. The lowest BCUT2D eigenvalue weighted by Crippen LogP contribution is -2.28. The molecule has 0 radical (unpaired) electrons. The summed E-state index contributed by atoms with van der Waals surface area (Å²) in [6.45, 7) is 3.99. The van der Waals surface area contributed by atoms with Gasteiger partial charge in [0.05, 0.1) is 11.8 Å². The molecule has 0 saturated carbocycles. The van der Waals surface area contributed by atoms with E-state index < -0.39 is 11.2 Å². The van der Waals surface area contributed by atoms with Crippen LogP contribution < -0.4 is 0 Å². The van der Waals surface area contributed by atoms with Crippen LogP contribution in [0, 0.1) is 0 Å². The van der Waals surface area contributed by atoms with E-state index in [0.717, 1.165) is 20.9 Å². The van der Waals surface area contributed by atoms with Gasteiger partial charge in [0.1, 0.15) is 4.75 Å². The van der Waals surface area contributed by atoms with Crippen LogP contribution in [0.4, 0.5) is 0 Å². The molecule has 0 spiro atoms. The molecule has 17 heavy (non-hydrogen) atoms. The Morgan fingerprint density at radius 2 is 2.06 bits per heavy atom. The predicted molar refractivity (Wildman–Crippen MR) is 76.5 cm³/mol. The summed E-state index contributed by atoms with van der Waals surface area (Å²) in [4.78, 5) is 4.33. The molecule has 2 rings (SSSR count). The Morgan fingerprint density at radius 1 is 1.35 bits per heavy atom. The van der Waals surface area contributed by atoms with Crippen LogP contribution in [0.1, 0.15) is 19.4 Å². The van der Waals surface area contributed by atoms with Crippen molar-refractivity contribution in [1.29, 1.82) is 0 Å². The van der Waals surface area contributed by atoms with Gasteiger partial charge in [-0.15, -0.1) is 0 Å². The third-order valence-corrected chi connectivity index (χ3v) is 5.35. The first-order chi connectivity index (χ1) is 7.93. The van der Waals surface area contributed by atoms with E-state index in [9.17, 15) is 4.55 Å².